The van der Waals surface area contributed by atoms with Crippen LogP contribution in [0.1, 0.15) is 91.7 Å². The average molecular weight is 604 g/mol. The van der Waals surface area contributed by atoms with E-state index in [2.05, 4.69) is 17.6 Å². The van der Waals surface area contributed by atoms with Crippen LogP contribution in [0.3, 0.4) is 0 Å². The Labute approximate surface area is 262 Å². The lowest BCUT2D eigenvalue weighted by Crippen LogP contribution is -2.54. The first-order valence-electron chi connectivity index (χ1n) is 15.8. The van der Waals surface area contributed by atoms with Crippen molar-refractivity contribution < 1.29 is 24.2 Å². The largest absolute Gasteiger partial charge is 0.508 e. The van der Waals surface area contributed by atoms with Crippen molar-refractivity contribution in [2.45, 2.75) is 97.8 Å². The zero-order valence-electron chi connectivity index (χ0n) is 27.1. The Morgan fingerprint density at radius 3 is 2.14 bits per heavy atom. The Balaban J connectivity index is 1.99. The minimum atomic E-state index is -1.01. The lowest BCUT2D eigenvalue weighted by atomic mass is 9.98. The van der Waals surface area contributed by atoms with Crippen LogP contribution in [0.15, 0.2) is 66.7 Å². The summed E-state index contributed by atoms with van der Waals surface area (Å²) in [5.74, 6) is -0.967. The van der Waals surface area contributed by atoms with Gasteiger partial charge in [0.1, 0.15) is 23.4 Å². The minimum absolute atomic E-state index is 0.0582. The van der Waals surface area contributed by atoms with Crippen LogP contribution in [-0.4, -0.2) is 46.1 Å². The van der Waals surface area contributed by atoms with E-state index in [1.807, 2.05) is 56.3 Å². The van der Waals surface area contributed by atoms with E-state index in [9.17, 15) is 19.5 Å². The molecule has 2 atom stereocenters. The van der Waals surface area contributed by atoms with Crippen molar-refractivity contribution in [2.24, 2.45) is 5.92 Å². The molecule has 3 N–H and O–H groups in total. The summed E-state index contributed by atoms with van der Waals surface area (Å²) < 4.78 is 5.48. The number of nitrogens with zero attached hydrogens (tertiary/aromatic N) is 1. The highest BCUT2D eigenvalue weighted by Crippen LogP contribution is 2.28. The number of amides is 3. The molecule has 3 aromatic rings. The summed E-state index contributed by atoms with van der Waals surface area (Å²) in [7, 11) is 0. The fourth-order valence-electron chi connectivity index (χ4n) is 5.16. The zero-order valence-corrected chi connectivity index (χ0v) is 27.1. The Hall–Kier alpha value is -4.07. The summed E-state index contributed by atoms with van der Waals surface area (Å²) in [5.41, 5.74) is 0.429. The summed E-state index contributed by atoms with van der Waals surface area (Å²) in [6.07, 6.45) is 5.35. The number of phenols is 1. The average Bonchev–Trinajstić information content (AvgIpc) is 2.96. The van der Waals surface area contributed by atoms with Gasteiger partial charge in [-0.1, -0.05) is 95.3 Å². The number of nitrogens with one attached hydrogen (secondary N) is 2. The highest BCUT2D eigenvalue weighted by atomic mass is 16.6. The predicted molar refractivity (Wildman–Crippen MR) is 177 cm³/mol. The number of hydrogen-bond donors (Lipinski definition) is 3. The SMILES string of the molecule is CCCCCCCCN(C(=O)C(NC(=O)OC(C)(C)C)C(C)C)C(C(=O)Nc1ccc2ccccc2c1)c1ccc(O)cc1. The number of carbonyl (C=O) groups excluding carboxylic acids is 3. The third-order valence-electron chi connectivity index (χ3n) is 7.43. The number of ether oxygens (including phenoxy) is 1. The van der Waals surface area contributed by atoms with Crippen LogP contribution in [-0.2, 0) is 14.3 Å². The van der Waals surface area contributed by atoms with Gasteiger partial charge >= 0.3 is 6.09 Å². The highest BCUT2D eigenvalue weighted by Gasteiger charge is 2.37. The van der Waals surface area contributed by atoms with Crippen LogP contribution >= 0.6 is 0 Å². The predicted octanol–water partition coefficient (Wildman–Crippen LogP) is 7.96. The van der Waals surface area contributed by atoms with Crippen LogP contribution in [0.25, 0.3) is 10.8 Å². The molecule has 0 spiro atoms. The standard InChI is InChI=1S/C36H49N3O5/c1-7-8-9-10-11-14-23-39(34(42)31(25(2)3)38-35(43)44-36(4,5)6)32(27-18-21-30(40)22-19-27)33(41)37-29-20-17-26-15-12-13-16-28(26)24-29/h12-13,15-22,24-25,31-32,40H,7-11,14,23H2,1-6H3,(H,37,41)(H,38,43). The van der Waals surface area contributed by atoms with E-state index < -0.39 is 23.8 Å². The number of hydrogen-bond acceptors (Lipinski definition) is 5. The summed E-state index contributed by atoms with van der Waals surface area (Å²) in [5, 5.41) is 17.8. The third kappa shape index (κ3) is 10.3. The van der Waals surface area contributed by atoms with Gasteiger partial charge in [-0.25, -0.2) is 4.79 Å². The molecule has 8 heteroatoms. The number of alkyl carbamates (subject to hydrolysis) is 1. The van der Waals surface area contributed by atoms with E-state index in [-0.39, 0.29) is 23.5 Å². The number of fused-ring (bicyclic) bond motifs is 1. The molecule has 0 aliphatic heterocycles. The van der Waals surface area contributed by atoms with Crippen molar-refractivity contribution in [1.29, 1.82) is 0 Å². The summed E-state index contributed by atoms with van der Waals surface area (Å²) >= 11 is 0. The molecule has 0 heterocycles. The van der Waals surface area contributed by atoms with Crippen LogP contribution in [0.4, 0.5) is 10.5 Å². The maximum absolute atomic E-state index is 14.4. The second-order valence-corrected chi connectivity index (χ2v) is 12.7. The van der Waals surface area contributed by atoms with Gasteiger partial charge in [0.05, 0.1) is 0 Å². The van der Waals surface area contributed by atoms with Crippen molar-refractivity contribution in [2.75, 3.05) is 11.9 Å². The minimum Gasteiger partial charge on any atom is -0.508 e. The topological polar surface area (TPSA) is 108 Å². The monoisotopic (exact) mass is 603 g/mol. The van der Waals surface area contributed by atoms with E-state index in [0.29, 0.717) is 24.2 Å². The molecule has 0 aliphatic rings. The lowest BCUT2D eigenvalue weighted by Gasteiger charge is -2.35. The zero-order chi connectivity index (χ0) is 32.3. The first-order chi connectivity index (χ1) is 20.9. The van der Waals surface area contributed by atoms with Crippen LogP contribution in [0, 0.1) is 5.92 Å². The van der Waals surface area contributed by atoms with Crippen LogP contribution < -0.4 is 10.6 Å². The Bertz CT molecular complexity index is 1380. The number of rotatable bonds is 14. The van der Waals surface area contributed by atoms with E-state index >= 15 is 0 Å². The van der Waals surface area contributed by atoms with Gasteiger partial charge in [0.2, 0.25) is 5.91 Å². The fraction of sp³-hybridized carbons (Fsp3) is 0.472. The van der Waals surface area contributed by atoms with Crippen molar-refractivity contribution in [3.8, 4) is 5.75 Å². The van der Waals surface area contributed by atoms with E-state index in [4.69, 9.17) is 4.74 Å². The molecule has 0 saturated heterocycles. The first kappa shape index (κ1) is 34.4. The molecule has 0 radical (unpaired) electrons. The van der Waals surface area contributed by atoms with Crippen molar-refractivity contribution >= 4 is 34.4 Å². The molecule has 0 aliphatic carbocycles. The molecule has 0 bridgehead atoms. The Morgan fingerprint density at radius 2 is 1.50 bits per heavy atom. The van der Waals surface area contributed by atoms with Crippen molar-refractivity contribution in [3.63, 3.8) is 0 Å². The quantitative estimate of drug-likeness (QED) is 0.162. The molecule has 3 rings (SSSR count). The van der Waals surface area contributed by atoms with Gasteiger partial charge in [0.15, 0.2) is 0 Å². The molecule has 3 amide bonds. The number of anilines is 1. The maximum Gasteiger partial charge on any atom is 0.408 e. The van der Waals surface area contributed by atoms with Gasteiger partial charge in [-0.2, -0.15) is 0 Å². The normalized spacial score (nSPS) is 12.9. The summed E-state index contributed by atoms with van der Waals surface area (Å²) in [6, 6.07) is 18.0. The molecule has 0 aromatic heterocycles. The van der Waals surface area contributed by atoms with Crippen LogP contribution in [0.5, 0.6) is 5.75 Å². The summed E-state index contributed by atoms with van der Waals surface area (Å²) in [6.45, 7) is 11.5. The molecule has 0 fully saturated rings. The number of unbranched alkanes of at least 4 members (excludes halogenated alkanes) is 5. The summed E-state index contributed by atoms with van der Waals surface area (Å²) in [4.78, 5) is 43.0. The van der Waals surface area contributed by atoms with Gasteiger partial charge in [-0.3, -0.25) is 9.59 Å². The van der Waals surface area contributed by atoms with E-state index in [0.717, 1.165) is 42.9 Å². The lowest BCUT2D eigenvalue weighted by molar-refractivity contribution is -0.141. The number of phenolic OH excluding ortho intramolecular Hbond substituents is 1. The van der Waals surface area contributed by atoms with E-state index in [1.165, 1.54) is 12.1 Å². The van der Waals surface area contributed by atoms with Crippen molar-refractivity contribution in [3.05, 3.63) is 72.3 Å². The van der Waals surface area contributed by atoms with Crippen LogP contribution in [0.2, 0.25) is 0 Å². The van der Waals surface area contributed by atoms with Gasteiger partial charge in [-0.15, -0.1) is 0 Å². The second kappa shape index (κ2) is 16.1. The highest BCUT2D eigenvalue weighted by molar-refractivity contribution is 6.00. The molecule has 3 aromatic carbocycles. The molecule has 0 saturated carbocycles. The van der Waals surface area contributed by atoms with Gasteiger partial charge in [-0.05, 0) is 73.7 Å². The molecular formula is C36H49N3O5. The third-order valence-corrected chi connectivity index (χ3v) is 7.43. The molecule has 2 unspecified atom stereocenters. The number of aromatic hydroxyl groups is 1. The number of carbonyl (C=O) groups is 3. The van der Waals surface area contributed by atoms with Gasteiger partial charge in [0.25, 0.3) is 5.91 Å². The molecular weight excluding hydrogens is 554 g/mol. The van der Waals surface area contributed by atoms with E-state index in [1.54, 1.807) is 37.8 Å². The smallest absolute Gasteiger partial charge is 0.408 e. The number of benzene rings is 3. The molecule has 44 heavy (non-hydrogen) atoms. The maximum atomic E-state index is 14.4. The van der Waals surface area contributed by atoms with Gasteiger partial charge in [0, 0.05) is 12.2 Å². The fourth-order valence-corrected chi connectivity index (χ4v) is 5.16. The first-order valence-corrected chi connectivity index (χ1v) is 15.8. The Kier molecular flexibility index (Phi) is 12.6. The van der Waals surface area contributed by atoms with Gasteiger partial charge < -0.3 is 25.4 Å². The second-order valence-electron chi connectivity index (χ2n) is 12.7. The van der Waals surface area contributed by atoms with Crippen molar-refractivity contribution in [1.82, 2.24) is 10.2 Å². The molecule has 8 nitrogen and oxygen atoms in total. The Morgan fingerprint density at radius 1 is 0.864 bits per heavy atom. The molecule has 238 valence electrons.